The van der Waals surface area contributed by atoms with Crippen LogP contribution in [0.2, 0.25) is 23.2 Å². The van der Waals surface area contributed by atoms with Crippen LogP contribution >= 0.6 is 27.5 Å². The minimum Gasteiger partial charge on any atom is -0.542 e. The van der Waals surface area contributed by atoms with E-state index in [1.54, 1.807) is 12.1 Å². The lowest BCUT2D eigenvalue weighted by molar-refractivity contribution is 0.0599. The van der Waals surface area contributed by atoms with Gasteiger partial charge in [-0.2, -0.15) is 0 Å². The Kier molecular flexibility index (Phi) is 5.92. The third kappa shape index (κ3) is 4.02. The Morgan fingerprint density at radius 3 is 2.33 bits per heavy atom. The second kappa shape index (κ2) is 6.71. The van der Waals surface area contributed by atoms with Gasteiger partial charge in [-0.3, -0.25) is 0 Å². The number of ether oxygens (including phenoxy) is 1. The van der Waals surface area contributed by atoms with E-state index in [-0.39, 0.29) is 11.0 Å². The Hall–Kier alpha value is -0.523. The highest BCUT2D eigenvalue weighted by Gasteiger charge is 2.40. The van der Waals surface area contributed by atoms with Crippen LogP contribution in [0.3, 0.4) is 0 Å². The largest absolute Gasteiger partial charge is 0.542 e. The molecule has 1 rings (SSSR count). The maximum Gasteiger partial charge on any atom is 0.338 e. The van der Waals surface area contributed by atoms with E-state index in [0.717, 1.165) is 5.56 Å². The molecule has 1 aromatic carbocycles. The molecule has 3 nitrogen and oxygen atoms in total. The molecule has 0 aliphatic heterocycles. The van der Waals surface area contributed by atoms with Gasteiger partial charge in [0, 0.05) is 10.9 Å². The summed E-state index contributed by atoms with van der Waals surface area (Å²) in [6.07, 6.45) is 0. The Labute approximate surface area is 141 Å². The van der Waals surface area contributed by atoms with E-state index in [1.807, 2.05) is 0 Å². The van der Waals surface area contributed by atoms with Gasteiger partial charge in [-0.15, -0.1) is 0 Å². The maximum atomic E-state index is 11.9. The van der Waals surface area contributed by atoms with Crippen molar-refractivity contribution >= 4 is 41.8 Å². The predicted octanol–water partition coefficient (Wildman–Crippen LogP) is 5.41. The molecule has 0 spiro atoms. The first-order valence-corrected chi connectivity index (χ1v) is 11.1. The molecule has 0 saturated heterocycles. The zero-order chi connectivity index (χ0) is 16.4. The standard InChI is InChI=1S/C15H22BrClO3Si/c1-15(2,3)21(5,6)20-13-11(9-16)10(14(18)19-4)7-8-12(13)17/h7-8H,9H2,1-6H3. The monoisotopic (exact) mass is 392 g/mol. The number of halogens is 2. The smallest absolute Gasteiger partial charge is 0.338 e. The molecule has 0 unspecified atom stereocenters. The Morgan fingerprint density at radius 2 is 1.90 bits per heavy atom. The minimum atomic E-state index is -2.05. The van der Waals surface area contributed by atoms with Gasteiger partial charge in [-0.25, -0.2) is 4.79 Å². The molecule has 0 amide bonds. The highest BCUT2D eigenvalue weighted by atomic mass is 79.9. The fourth-order valence-corrected chi connectivity index (χ4v) is 3.44. The van der Waals surface area contributed by atoms with Crippen LogP contribution in [-0.4, -0.2) is 21.4 Å². The minimum absolute atomic E-state index is 0.0428. The first-order valence-electron chi connectivity index (χ1n) is 6.70. The molecule has 0 saturated carbocycles. The predicted molar refractivity (Wildman–Crippen MR) is 93.2 cm³/mol. The molecule has 118 valence electrons. The number of alkyl halides is 1. The van der Waals surface area contributed by atoms with Gasteiger partial charge >= 0.3 is 5.97 Å². The van der Waals surface area contributed by atoms with Crippen molar-refractivity contribution in [3.05, 3.63) is 28.3 Å². The number of hydrogen-bond acceptors (Lipinski definition) is 3. The summed E-state index contributed by atoms with van der Waals surface area (Å²) in [6, 6.07) is 3.35. The molecule has 0 heterocycles. The van der Waals surface area contributed by atoms with Crippen molar-refractivity contribution in [1.29, 1.82) is 0 Å². The number of benzene rings is 1. The molecule has 0 aromatic heterocycles. The van der Waals surface area contributed by atoms with Gasteiger partial charge < -0.3 is 9.16 Å². The van der Waals surface area contributed by atoms with Crippen LogP contribution in [-0.2, 0) is 10.1 Å². The summed E-state index contributed by atoms with van der Waals surface area (Å²) in [5.74, 6) is 0.198. The van der Waals surface area contributed by atoms with Crippen molar-refractivity contribution in [3.63, 3.8) is 0 Å². The number of methoxy groups -OCH3 is 1. The number of hydrogen-bond donors (Lipinski definition) is 0. The summed E-state index contributed by atoms with van der Waals surface area (Å²) >= 11 is 9.73. The molecule has 0 N–H and O–H groups in total. The second-order valence-corrected chi connectivity index (χ2v) is 12.1. The summed E-state index contributed by atoms with van der Waals surface area (Å²) in [7, 11) is -0.686. The fraction of sp³-hybridized carbons (Fsp3) is 0.533. The first-order chi connectivity index (χ1) is 9.55. The molecule has 0 fully saturated rings. The van der Waals surface area contributed by atoms with Gasteiger partial charge in [0.15, 0.2) is 0 Å². The number of rotatable bonds is 4. The summed E-state index contributed by atoms with van der Waals surface area (Å²) < 4.78 is 11.1. The molecule has 0 aliphatic rings. The molecule has 1 aromatic rings. The van der Waals surface area contributed by atoms with Crippen LogP contribution in [0, 0.1) is 0 Å². The van der Waals surface area contributed by atoms with E-state index in [0.29, 0.717) is 21.7 Å². The molecule has 0 radical (unpaired) electrons. The molecule has 0 aliphatic carbocycles. The molecule has 21 heavy (non-hydrogen) atoms. The Bertz CT molecular complexity index is 538. The zero-order valence-electron chi connectivity index (χ0n) is 13.3. The van der Waals surface area contributed by atoms with Gasteiger partial charge in [-0.1, -0.05) is 48.3 Å². The van der Waals surface area contributed by atoms with Crippen molar-refractivity contribution in [2.45, 2.75) is 44.2 Å². The summed E-state index contributed by atoms with van der Waals surface area (Å²) in [4.78, 5) is 11.9. The van der Waals surface area contributed by atoms with Crippen LogP contribution in [0.5, 0.6) is 5.75 Å². The van der Waals surface area contributed by atoms with Gasteiger partial charge in [0.05, 0.1) is 17.7 Å². The zero-order valence-corrected chi connectivity index (χ0v) is 16.7. The topological polar surface area (TPSA) is 35.5 Å². The lowest BCUT2D eigenvalue weighted by atomic mass is 10.1. The third-order valence-electron chi connectivity index (χ3n) is 3.91. The maximum absolute atomic E-state index is 11.9. The van der Waals surface area contributed by atoms with E-state index in [9.17, 15) is 4.79 Å². The molecular formula is C15H22BrClO3Si. The number of carbonyl (C=O) groups is 1. The second-order valence-electron chi connectivity index (χ2n) is 6.39. The quantitative estimate of drug-likeness (QED) is 0.390. The Morgan fingerprint density at radius 1 is 1.33 bits per heavy atom. The van der Waals surface area contributed by atoms with Gasteiger partial charge in [-0.05, 0) is 30.3 Å². The normalized spacial score (nSPS) is 12.2. The van der Waals surface area contributed by atoms with Crippen molar-refractivity contribution < 1.29 is 14.0 Å². The molecule has 6 heteroatoms. The van der Waals surface area contributed by atoms with Crippen molar-refractivity contribution in [3.8, 4) is 5.75 Å². The SMILES string of the molecule is COC(=O)c1ccc(Cl)c(O[Si](C)(C)C(C)(C)C)c1CBr. The van der Waals surface area contributed by atoms with Crippen molar-refractivity contribution in [2.24, 2.45) is 0 Å². The van der Waals surface area contributed by atoms with Crippen LogP contribution in [0.4, 0.5) is 0 Å². The van der Waals surface area contributed by atoms with E-state index >= 15 is 0 Å². The van der Waals surface area contributed by atoms with Crippen molar-refractivity contribution in [1.82, 2.24) is 0 Å². The highest BCUT2D eigenvalue weighted by Crippen LogP contribution is 2.41. The molecule has 0 bridgehead atoms. The van der Waals surface area contributed by atoms with Crippen LogP contribution in [0.15, 0.2) is 12.1 Å². The molecule has 0 atom stereocenters. The van der Waals surface area contributed by atoms with Crippen LogP contribution in [0.1, 0.15) is 36.7 Å². The van der Waals surface area contributed by atoms with E-state index in [2.05, 4.69) is 49.8 Å². The van der Waals surface area contributed by atoms with Crippen LogP contribution < -0.4 is 4.43 Å². The van der Waals surface area contributed by atoms with Crippen LogP contribution in [0.25, 0.3) is 0 Å². The van der Waals surface area contributed by atoms with Gasteiger partial charge in [0.1, 0.15) is 5.75 Å². The lowest BCUT2D eigenvalue weighted by Crippen LogP contribution is -2.44. The van der Waals surface area contributed by atoms with E-state index in [4.69, 9.17) is 20.8 Å². The van der Waals surface area contributed by atoms with Gasteiger partial charge in [0.2, 0.25) is 0 Å². The Balaban J connectivity index is 3.39. The summed E-state index contributed by atoms with van der Waals surface area (Å²) in [5, 5.41) is 1.03. The average molecular weight is 394 g/mol. The number of carbonyl (C=O) groups excluding carboxylic acids is 1. The van der Waals surface area contributed by atoms with Gasteiger partial charge in [0.25, 0.3) is 8.32 Å². The lowest BCUT2D eigenvalue weighted by Gasteiger charge is -2.37. The van der Waals surface area contributed by atoms with Crippen molar-refractivity contribution in [2.75, 3.05) is 7.11 Å². The number of esters is 1. The van der Waals surface area contributed by atoms with E-state index in [1.165, 1.54) is 7.11 Å². The summed E-state index contributed by atoms with van der Waals surface area (Å²) in [6.45, 7) is 10.8. The fourth-order valence-electron chi connectivity index (χ4n) is 1.55. The molecular weight excluding hydrogens is 372 g/mol. The summed E-state index contributed by atoms with van der Waals surface area (Å²) in [5.41, 5.74) is 1.21. The van der Waals surface area contributed by atoms with E-state index < -0.39 is 8.32 Å². The highest BCUT2D eigenvalue weighted by molar-refractivity contribution is 9.08. The average Bonchev–Trinajstić information content (AvgIpc) is 2.38. The first kappa shape index (κ1) is 18.5. The third-order valence-corrected chi connectivity index (χ3v) is 9.10.